The standard InChI is InChI=1S/C18H25ClN2O2S/c1-18(2,3)23-17(22)21-11-9-13(10-12-21)16(24-4)20-15-7-5-14(19)6-8-15/h5-8,13H,9-12H2,1-4H3/b20-16-. The van der Waals surface area contributed by atoms with Crippen LogP contribution in [0.5, 0.6) is 0 Å². The molecule has 4 nitrogen and oxygen atoms in total. The molecule has 0 aromatic heterocycles. The van der Waals surface area contributed by atoms with Gasteiger partial charge < -0.3 is 9.64 Å². The highest BCUT2D eigenvalue weighted by molar-refractivity contribution is 8.13. The Bertz CT molecular complexity index is 588. The number of likely N-dealkylation sites (tertiary alicyclic amines) is 1. The van der Waals surface area contributed by atoms with E-state index in [1.807, 2.05) is 45.0 Å². The number of thioether (sulfide) groups is 1. The third kappa shape index (κ3) is 5.71. The number of aliphatic imine (C=N–C) groups is 1. The van der Waals surface area contributed by atoms with Crippen LogP contribution in [0.3, 0.4) is 0 Å². The minimum absolute atomic E-state index is 0.221. The van der Waals surface area contributed by atoms with Crippen molar-refractivity contribution in [2.24, 2.45) is 10.9 Å². The molecule has 0 spiro atoms. The first-order chi connectivity index (χ1) is 11.3. The Balaban J connectivity index is 1.96. The molecule has 1 fully saturated rings. The van der Waals surface area contributed by atoms with Crippen molar-refractivity contribution in [2.45, 2.75) is 39.2 Å². The first kappa shape index (κ1) is 19.1. The van der Waals surface area contributed by atoms with Crippen LogP contribution >= 0.6 is 23.4 Å². The van der Waals surface area contributed by atoms with Crippen molar-refractivity contribution in [3.05, 3.63) is 29.3 Å². The van der Waals surface area contributed by atoms with Gasteiger partial charge in [-0.25, -0.2) is 9.79 Å². The van der Waals surface area contributed by atoms with Crippen LogP contribution in [0.1, 0.15) is 33.6 Å². The molecule has 0 aliphatic carbocycles. The lowest BCUT2D eigenvalue weighted by Crippen LogP contribution is -2.42. The number of piperidine rings is 1. The zero-order valence-electron chi connectivity index (χ0n) is 14.7. The lowest BCUT2D eigenvalue weighted by atomic mass is 9.98. The summed E-state index contributed by atoms with van der Waals surface area (Å²) in [7, 11) is 0. The van der Waals surface area contributed by atoms with Crippen LogP contribution in [0, 0.1) is 5.92 Å². The SMILES string of the molecule is CS/C(=N\c1ccc(Cl)cc1)C1CCN(C(=O)OC(C)(C)C)CC1. The molecule has 0 atom stereocenters. The summed E-state index contributed by atoms with van der Waals surface area (Å²) in [5, 5.41) is 1.83. The van der Waals surface area contributed by atoms with Crippen LogP contribution in [-0.4, -0.2) is 41.0 Å². The quantitative estimate of drug-likeness (QED) is 0.519. The maximum Gasteiger partial charge on any atom is 0.410 e. The van der Waals surface area contributed by atoms with Crippen molar-refractivity contribution >= 4 is 40.2 Å². The van der Waals surface area contributed by atoms with Crippen molar-refractivity contribution in [1.82, 2.24) is 4.90 Å². The molecular formula is C18H25ClN2O2S. The molecule has 1 aliphatic rings. The molecule has 0 N–H and O–H groups in total. The van der Waals surface area contributed by atoms with Gasteiger partial charge in [0, 0.05) is 24.0 Å². The van der Waals surface area contributed by atoms with Crippen LogP contribution in [0.2, 0.25) is 5.02 Å². The predicted octanol–water partition coefficient (Wildman–Crippen LogP) is 5.38. The Hall–Kier alpha value is -1.20. The fraction of sp³-hybridized carbons (Fsp3) is 0.556. The zero-order chi connectivity index (χ0) is 17.7. The van der Waals surface area contributed by atoms with Gasteiger partial charge in [-0.2, -0.15) is 0 Å². The number of nitrogens with zero attached hydrogens (tertiary/aromatic N) is 2. The smallest absolute Gasteiger partial charge is 0.410 e. The molecule has 0 radical (unpaired) electrons. The van der Waals surface area contributed by atoms with E-state index in [9.17, 15) is 4.79 Å². The number of halogens is 1. The van der Waals surface area contributed by atoms with Crippen LogP contribution in [0.15, 0.2) is 29.3 Å². The monoisotopic (exact) mass is 368 g/mol. The number of ether oxygens (including phenoxy) is 1. The number of hydrogen-bond acceptors (Lipinski definition) is 4. The largest absolute Gasteiger partial charge is 0.444 e. The minimum atomic E-state index is -0.450. The lowest BCUT2D eigenvalue weighted by molar-refractivity contribution is 0.0202. The highest BCUT2D eigenvalue weighted by atomic mass is 35.5. The van der Waals surface area contributed by atoms with Gasteiger partial charge in [-0.3, -0.25) is 0 Å². The van der Waals surface area contributed by atoms with Crippen LogP contribution in [0.4, 0.5) is 10.5 Å². The van der Waals surface area contributed by atoms with E-state index < -0.39 is 5.60 Å². The normalized spacial score (nSPS) is 17.0. The first-order valence-electron chi connectivity index (χ1n) is 8.14. The molecule has 1 aromatic rings. The number of carbonyl (C=O) groups is 1. The van der Waals surface area contributed by atoms with Crippen molar-refractivity contribution in [1.29, 1.82) is 0 Å². The summed E-state index contributed by atoms with van der Waals surface area (Å²) in [6.07, 6.45) is 3.65. The number of rotatable bonds is 2. The summed E-state index contributed by atoms with van der Waals surface area (Å²) < 4.78 is 5.45. The molecule has 0 saturated carbocycles. The van der Waals surface area contributed by atoms with Gasteiger partial charge in [0.05, 0.1) is 10.7 Å². The molecule has 0 unspecified atom stereocenters. The fourth-order valence-electron chi connectivity index (χ4n) is 2.58. The maximum atomic E-state index is 12.1. The van der Waals surface area contributed by atoms with Gasteiger partial charge in [0.25, 0.3) is 0 Å². The third-order valence-corrected chi connectivity index (χ3v) is 4.87. The van der Waals surface area contributed by atoms with E-state index in [4.69, 9.17) is 21.3 Å². The second kappa shape index (κ2) is 8.26. The molecule has 1 amide bonds. The summed E-state index contributed by atoms with van der Waals surface area (Å²) in [6.45, 7) is 7.09. The van der Waals surface area contributed by atoms with Gasteiger partial charge in [0.2, 0.25) is 0 Å². The molecule has 1 heterocycles. The Labute approximate surface area is 153 Å². The van der Waals surface area contributed by atoms with Crippen LogP contribution in [-0.2, 0) is 4.74 Å². The van der Waals surface area contributed by atoms with Crippen molar-refractivity contribution in [3.63, 3.8) is 0 Å². The summed E-state index contributed by atoms with van der Waals surface area (Å²) in [6, 6.07) is 7.55. The van der Waals surface area contributed by atoms with E-state index >= 15 is 0 Å². The fourth-order valence-corrected chi connectivity index (χ4v) is 3.47. The van der Waals surface area contributed by atoms with Gasteiger partial charge in [-0.15, -0.1) is 11.8 Å². The number of amides is 1. The maximum absolute atomic E-state index is 12.1. The molecule has 6 heteroatoms. The summed E-state index contributed by atoms with van der Waals surface area (Å²) >= 11 is 7.60. The van der Waals surface area contributed by atoms with Crippen molar-refractivity contribution < 1.29 is 9.53 Å². The van der Waals surface area contributed by atoms with Gasteiger partial charge in [0.1, 0.15) is 5.60 Å². The number of hydrogen-bond donors (Lipinski definition) is 0. The van der Waals surface area contributed by atoms with Crippen LogP contribution < -0.4 is 0 Å². The molecule has 1 aliphatic heterocycles. The van der Waals surface area contributed by atoms with E-state index in [0.29, 0.717) is 24.0 Å². The van der Waals surface area contributed by atoms with Gasteiger partial charge in [0.15, 0.2) is 0 Å². The second-order valence-electron chi connectivity index (χ2n) is 6.87. The van der Waals surface area contributed by atoms with E-state index in [1.54, 1.807) is 16.7 Å². The average molecular weight is 369 g/mol. The first-order valence-corrected chi connectivity index (χ1v) is 9.75. The Morgan fingerprint density at radius 2 is 1.83 bits per heavy atom. The van der Waals surface area contributed by atoms with E-state index in [2.05, 4.69) is 6.26 Å². The molecule has 1 saturated heterocycles. The highest BCUT2D eigenvalue weighted by Crippen LogP contribution is 2.27. The molecular weight excluding hydrogens is 344 g/mol. The van der Waals surface area contributed by atoms with E-state index in [-0.39, 0.29) is 6.09 Å². The molecule has 0 bridgehead atoms. The Kier molecular flexibility index (Phi) is 6.58. The molecule has 1 aromatic carbocycles. The molecule has 2 rings (SSSR count). The summed E-state index contributed by atoms with van der Waals surface area (Å²) in [5.74, 6) is 0.384. The average Bonchev–Trinajstić information content (AvgIpc) is 2.53. The van der Waals surface area contributed by atoms with Crippen LogP contribution in [0.25, 0.3) is 0 Å². The van der Waals surface area contributed by atoms with Crippen molar-refractivity contribution in [2.75, 3.05) is 19.3 Å². The van der Waals surface area contributed by atoms with Gasteiger partial charge in [-0.1, -0.05) is 11.6 Å². The predicted molar refractivity (Wildman–Crippen MR) is 103 cm³/mol. The number of carbonyl (C=O) groups excluding carboxylic acids is 1. The number of benzene rings is 1. The highest BCUT2D eigenvalue weighted by Gasteiger charge is 2.28. The summed E-state index contributed by atoms with van der Waals surface area (Å²) in [5.41, 5.74) is 0.465. The lowest BCUT2D eigenvalue weighted by Gasteiger charge is -2.33. The van der Waals surface area contributed by atoms with Crippen molar-refractivity contribution in [3.8, 4) is 0 Å². The van der Waals surface area contributed by atoms with Gasteiger partial charge >= 0.3 is 6.09 Å². The third-order valence-electron chi connectivity index (χ3n) is 3.77. The Morgan fingerprint density at radius 1 is 1.25 bits per heavy atom. The molecule has 132 valence electrons. The van der Waals surface area contributed by atoms with E-state index in [1.165, 1.54) is 0 Å². The summed E-state index contributed by atoms with van der Waals surface area (Å²) in [4.78, 5) is 18.7. The van der Waals surface area contributed by atoms with Gasteiger partial charge in [-0.05, 0) is 64.1 Å². The Morgan fingerprint density at radius 3 is 2.33 bits per heavy atom. The van der Waals surface area contributed by atoms with E-state index in [0.717, 1.165) is 23.6 Å². The minimum Gasteiger partial charge on any atom is -0.444 e. The molecule has 24 heavy (non-hydrogen) atoms. The second-order valence-corrected chi connectivity index (χ2v) is 8.14. The topological polar surface area (TPSA) is 41.9 Å². The zero-order valence-corrected chi connectivity index (χ0v) is 16.3.